The summed E-state index contributed by atoms with van der Waals surface area (Å²) in [4.78, 5) is 0. The van der Waals surface area contributed by atoms with Crippen molar-refractivity contribution in [2.24, 2.45) is 5.92 Å². The van der Waals surface area contributed by atoms with Gasteiger partial charge in [0, 0.05) is 5.41 Å². The summed E-state index contributed by atoms with van der Waals surface area (Å²) in [7, 11) is 0. The Morgan fingerprint density at radius 2 is 1.23 bits per heavy atom. The Morgan fingerprint density at radius 3 is 1.59 bits per heavy atom. The summed E-state index contributed by atoms with van der Waals surface area (Å²) in [5, 5.41) is 19.3. The second kappa shape index (κ2) is 6.04. The van der Waals surface area contributed by atoms with Crippen LogP contribution >= 0.6 is 0 Å². The lowest BCUT2D eigenvalue weighted by atomic mass is 9.63. The van der Waals surface area contributed by atoms with Crippen molar-refractivity contribution in [3.63, 3.8) is 0 Å². The fourth-order valence-electron chi connectivity index (χ4n) is 4.27. The van der Waals surface area contributed by atoms with Crippen LogP contribution in [-0.4, -0.2) is 10.2 Å². The number of hydrogen-bond donors (Lipinski definition) is 2. The van der Waals surface area contributed by atoms with Crippen LogP contribution in [0.1, 0.15) is 50.2 Å². The fraction of sp³-hybridized carbons (Fsp3) is 0.400. The van der Waals surface area contributed by atoms with Crippen molar-refractivity contribution in [3.8, 4) is 11.5 Å². The number of hydrogen-bond acceptors (Lipinski definition) is 2. The highest BCUT2D eigenvalue weighted by Crippen LogP contribution is 2.49. The maximum absolute atomic E-state index is 9.63. The minimum absolute atomic E-state index is 0.0299. The number of aromatic hydroxyl groups is 2. The zero-order valence-electron chi connectivity index (χ0n) is 13.1. The van der Waals surface area contributed by atoms with Gasteiger partial charge in [-0.15, -0.1) is 0 Å². The van der Waals surface area contributed by atoms with Gasteiger partial charge in [0.15, 0.2) is 0 Å². The van der Waals surface area contributed by atoms with Crippen molar-refractivity contribution >= 4 is 0 Å². The van der Waals surface area contributed by atoms with Crippen molar-refractivity contribution in [2.45, 2.75) is 44.4 Å². The quantitative estimate of drug-likeness (QED) is 0.835. The Kier molecular flexibility index (Phi) is 4.10. The van der Waals surface area contributed by atoms with Crippen LogP contribution in [0.25, 0.3) is 0 Å². The van der Waals surface area contributed by atoms with E-state index in [1.165, 1.54) is 36.8 Å². The van der Waals surface area contributed by atoms with Gasteiger partial charge in [0.1, 0.15) is 11.5 Å². The molecule has 0 atom stereocenters. The van der Waals surface area contributed by atoms with Crippen LogP contribution in [-0.2, 0) is 5.41 Å². The third-order valence-electron chi connectivity index (χ3n) is 5.37. The van der Waals surface area contributed by atoms with E-state index in [0.29, 0.717) is 17.4 Å². The normalized spacial score (nSPS) is 16.0. The molecule has 2 N–H and O–H groups in total. The maximum Gasteiger partial charge on any atom is 0.115 e. The van der Waals surface area contributed by atoms with E-state index >= 15 is 0 Å². The molecule has 2 nitrogen and oxygen atoms in total. The van der Waals surface area contributed by atoms with Gasteiger partial charge >= 0.3 is 0 Å². The van der Waals surface area contributed by atoms with E-state index in [9.17, 15) is 10.2 Å². The van der Waals surface area contributed by atoms with Crippen LogP contribution < -0.4 is 0 Å². The highest BCUT2D eigenvalue weighted by Gasteiger charge is 2.41. The number of benzene rings is 2. The van der Waals surface area contributed by atoms with Crippen LogP contribution in [0.5, 0.6) is 11.5 Å². The second-order valence-electron chi connectivity index (χ2n) is 6.40. The van der Waals surface area contributed by atoms with Gasteiger partial charge < -0.3 is 10.2 Å². The summed E-state index contributed by atoms with van der Waals surface area (Å²) < 4.78 is 0. The molecule has 1 fully saturated rings. The SMILES string of the molecule is CCC(c1ccc(O)cc1)(c1ccc(O)cc1)C1CCCC1. The summed E-state index contributed by atoms with van der Waals surface area (Å²) in [6.07, 6.45) is 6.10. The summed E-state index contributed by atoms with van der Waals surface area (Å²) in [5.41, 5.74) is 2.51. The summed E-state index contributed by atoms with van der Waals surface area (Å²) >= 11 is 0. The molecular formula is C20H24O2. The Morgan fingerprint density at radius 1 is 0.818 bits per heavy atom. The molecule has 22 heavy (non-hydrogen) atoms. The van der Waals surface area contributed by atoms with Crippen molar-refractivity contribution in [2.75, 3.05) is 0 Å². The summed E-state index contributed by atoms with van der Waals surface area (Å²) in [6, 6.07) is 15.4. The molecule has 0 amide bonds. The first-order chi connectivity index (χ1) is 10.7. The van der Waals surface area contributed by atoms with Crippen molar-refractivity contribution < 1.29 is 10.2 Å². The zero-order valence-corrected chi connectivity index (χ0v) is 13.1. The predicted octanol–water partition coefficient (Wildman–Crippen LogP) is 4.98. The molecular weight excluding hydrogens is 272 g/mol. The van der Waals surface area contributed by atoms with Crippen LogP contribution in [0.15, 0.2) is 48.5 Å². The Bertz CT molecular complexity index is 562. The molecule has 0 heterocycles. The van der Waals surface area contributed by atoms with Crippen molar-refractivity contribution in [3.05, 3.63) is 59.7 Å². The molecule has 0 aromatic heterocycles. The first kappa shape index (κ1) is 15.0. The molecule has 0 radical (unpaired) electrons. The molecule has 116 valence electrons. The number of phenols is 2. The maximum atomic E-state index is 9.63. The molecule has 2 aromatic rings. The summed E-state index contributed by atoms with van der Waals surface area (Å²) in [6.45, 7) is 2.25. The van der Waals surface area contributed by atoms with Gasteiger partial charge in [-0.1, -0.05) is 44.0 Å². The lowest BCUT2D eigenvalue weighted by Crippen LogP contribution is -2.34. The Labute approximate surface area is 132 Å². The minimum atomic E-state index is -0.0299. The van der Waals surface area contributed by atoms with Crippen molar-refractivity contribution in [1.82, 2.24) is 0 Å². The molecule has 0 aliphatic heterocycles. The number of rotatable bonds is 4. The molecule has 0 unspecified atom stereocenters. The molecule has 2 aromatic carbocycles. The van der Waals surface area contributed by atoms with Crippen molar-refractivity contribution in [1.29, 1.82) is 0 Å². The van der Waals surface area contributed by atoms with Gasteiger partial charge in [0.05, 0.1) is 0 Å². The third-order valence-corrected chi connectivity index (χ3v) is 5.37. The van der Waals surface area contributed by atoms with Gasteiger partial charge in [-0.25, -0.2) is 0 Å². The molecule has 1 saturated carbocycles. The average Bonchev–Trinajstić information content (AvgIpc) is 3.07. The predicted molar refractivity (Wildman–Crippen MR) is 89.2 cm³/mol. The molecule has 0 saturated heterocycles. The van der Waals surface area contributed by atoms with E-state index in [-0.39, 0.29) is 5.41 Å². The van der Waals surface area contributed by atoms with E-state index in [1.54, 1.807) is 24.3 Å². The van der Waals surface area contributed by atoms with E-state index in [2.05, 4.69) is 31.2 Å². The second-order valence-corrected chi connectivity index (χ2v) is 6.40. The van der Waals surface area contributed by atoms with E-state index in [1.807, 2.05) is 0 Å². The fourth-order valence-corrected chi connectivity index (χ4v) is 4.27. The van der Waals surface area contributed by atoms with E-state index < -0.39 is 0 Å². The molecule has 0 spiro atoms. The summed E-state index contributed by atoms with van der Waals surface area (Å²) in [5.74, 6) is 1.24. The Hall–Kier alpha value is -1.96. The molecule has 3 rings (SSSR count). The van der Waals surface area contributed by atoms with Gasteiger partial charge in [-0.3, -0.25) is 0 Å². The van der Waals surface area contributed by atoms with Crippen LogP contribution in [0.4, 0.5) is 0 Å². The van der Waals surface area contributed by atoms with Gasteiger partial charge in [-0.2, -0.15) is 0 Å². The first-order valence-corrected chi connectivity index (χ1v) is 8.26. The number of phenolic OH excluding ortho intramolecular Hbond substituents is 2. The third kappa shape index (κ3) is 2.47. The molecule has 2 heteroatoms. The van der Waals surface area contributed by atoms with Crippen LogP contribution in [0.3, 0.4) is 0 Å². The van der Waals surface area contributed by atoms with Crippen LogP contribution in [0, 0.1) is 5.92 Å². The largest absolute Gasteiger partial charge is 0.508 e. The zero-order chi connectivity index (χ0) is 15.6. The van der Waals surface area contributed by atoms with Gasteiger partial charge in [-0.05, 0) is 60.6 Å². The topological polar surface area (TPSA) is 40.5 Å². The minimum Gasteiger partial charge on any atom is -0.508 e. The van der Waals surface area contributed by atoms with Gasteiger partial charge in [0.25, 0.3) is 0 Å². The van der Waals surface area contributed by atoms with Crippen LogP contribution in [0.2, 0.25) is 0 Å². The van der Waals surface area contributed by atoms with E-state index in [0.717, 1.165) is 6.42 Å². The molecule has 1 aliphatic carbocycles. The standard InChI is InChI=1S/C20H24O2/c1-2-20(15-5-3-4-6-15,16-7-11-18(21)12-8-16)17-9-13-19(22)14-10-17/h7-15,21-22H,2-6H2,1H3. The lowest BCUT2D eigenvalue weighted by Gasteiger charge is -2.40. The highest BCUT2D eigenvalue weighted by molar-refractivity contribution is 5.44. The monoisotopic (exact) mass is 296 g/mol. The average molecular weight is 296 g/mol. The Balaban J connectivity index is 2.15. The van der Waals surface area contributed by atoms with E-state index in [4.69, 9.17) is 0 Å². The molecule has 0 bridgehead atoms. The van der Waals surface area contributed by atoms with Gasteiger partial charge in [0.2, 0.25) is 0 Å². The first-order valence-electron chi connectivity index (χ1n) is 8.26. The lowest BCUT2D eigenvalue weighted by molar-refractivity contribution is 0.314. The smallest absolute Gasteiger partial charge is 0.115 e. The molecule has 1 aliphatic rings. The highest BCUT2D eigenvalue weighted by atomic mass is 16.3.